The van der Waals surface area contributed by atoms with Gasteiger partial charge in [0.05, 0.1) is 19.8 Å². The maximum atomic E-state index is 13.5. The first-order chi connectivity index (χ1) is 20.3. The Hall–Kier alpha value is -3.59. The molecule has 8 nitrogen and oxygen atoms in total. The van der Waals surface area contributed by atoms with Gasteiger partial charge in [0.25, 0.3) is 5.91 Å². The Morgan fingerprint density at radius 2 is 1.62 bits per heavy atom. The normalized spacial score (nSPS) is 19.4. The van der Waals surface area contributed by atoms with Crippen molar-refractivity contribution in [1.82, 2.24) is 10.2 Å². The molecule has 2 N–H and O–H groups in total. The number of aliphatic carboxylic acids is 1. The van der Waals surface area contributed by atoms with Crippen molar-refractivity contribution in [3.8, 4) is 22.6 Å². The lowest BCUT2D eigenvalue weighted by molar-refractivity contribution is -0.149. The summed E-state index contributed by atoms with van der Waals surface area (Å²) in [6.07, 6.45) is 3.72. The fourth-order valence-electron chi connectivity index (χ4n) is 5.96. The molecule has 2 heterocycles. The molecule has 0 aliphatic carbocycles. The van der Waals surface area contributed by atoms with E-state index in [1.165, 1.54) is 12.8 Å². The third kappa shape index (κ3) is 6.41. The summed E-state index contributed by atoms with van der Waals surface area (Å²) in [6, 6.07) is 17.5. The summed E-state index contributed by atoms with van der Waals surface area (Å²) in [6.45, 7) is 3.46. The van der Waals surface area contributed by atoms with Crippen LogP contribution in [-0.4, -0.2) is 61.8 Å². The van der Waals surface area contributed by atoms with Crippen LogP contribution in [0, 0.1) is 0 Å². The molecule has 2 aliphatic rings. The molecule has 3 aromatic carbocycles. The average Bonchev–Trinajstić information content (AvgIpc) is 3.70. The highest BCUT2D eigenvalue weighted by Gasteiger charge is 2.45. The molecular formula is C33H37ClN2O6. The molecule has 9 heteroatoms. The number of carbonyl (C=O) groups excluding carboxylic acids is 1. The predicted molar refractivity (Wildman–Crippen MR) is 161 cm³/mol. The number of ether oxygens (including phenoxy) is 3. The number of carbonyl (C=O) groups is 2. The van der Waals surface area contributed by atoms with Crippen LogP contribution in [0.25, 0.3) is 11.1 Å². The summed E-state index contributed by atoms with van der Waals surface area (Å²) in [5, 5.41) is 13.3. The van der Waals surface area contributed by atoms with E-state index in [0.717, 1.165) is 53.4 Å². The summed E-state index contributed by atoms with van der Waals surface area (Å²) in [5.41, 5.74) is 3.04. The maximum Gasteiger partial charge on any atom is 0.326 e. The highest BCUT2D eigenvalue weighted by molar-refractivity contribution is 6.30. The molecule has 0 spiro atoms. The molecule has 2 fully saturated rings. The van der Waals surface area contributed by atoms with Crippen molar-refractivity contribution in [3.63, 3.8) is 0 Å². The Kier molecular flexibility index (Phi) is 9.36. The lowest BCUT2D eigenvalue weighted by Gasteiger charge is -2.29. The van der Waals surface area contributed by atoms with Crippen LogP contribution in [-0.2, 0) is 32.9 Å². The van der Waals surface area contributed by atoms with Gasteiger partial charge in [0.2, 0.25) is 0 Å². The van der Waals surface area contributed by atoms with Crippen molar-refractivity contribution >= 4 is 23.5 Å². The van der Waals surface area contributed by atoms with Gasteiger partial charge in [-0.1, -0.05) is 48.0 Å². The molecule has 2 atom stereocenters. The molecule has 222 valence electrons. The van der Waals surface area contributed by atoms with Crippen LogP contribution >= 0.6 is 11.6 Å². The van der Waals surface area contributed by atoms with Gasteiger partial charge in [0.15, 0.2) is 5.60 Å². The summed E-state index contributed by atoms with van der Waals surface area (Å²) in [5.74, 6) is -0.143. The monoisotopic (exact) mass is 592 g/mol. The summed E-state index contributed by atoms with van der Waals surface area (Å²) in [4.78, 5) is 28.2. The van der Waals surface area contributed by atoms with Gasteiger partial charge in [-0.3, -0.25) is 9.69 Å². The van der Waals surface area contributed by atoms with E-state index in [4.69, 9.17) is 25.8 Å². The van der Waals surface area contributed by atoms with E-state index in [1.54, 1.807) is 38.5 Å². The Balaban J connectivity index is 1.33. The smallest absolute Gasteiger partial charge is 0.326 e. The largest absolute Gasteiger partial charge is 0.496 e. The number of nitrogens with zero attached hydrogens (tertiary/aromatic N) is 1. The number of hydrogen-bond acceptors (Lipinski definition) is 6. The number of benzene rings is 3. The average molecular weight is 593 g/mol. The van der Waals surface area contributed by atoms with E-state index < -0.39 is 23.5 Å². The van der Waals surface area contributed by atoms with Crippen LogP contribution in [0.3, 0.4) is 0 Å². The van der Waals surface area contributed by atoms with Crippen molar-refractivity contribution in [2.24, 2.45) is 0 Å². The van der Waals surface area contributed by atoms with Crippen LogP contribution in [0.1, 0.15) is 42.4 Å². The topological polar surface area (TPSA) is 97.3 Å². The number of nitrogens with one attached hydrogen (secondary N) is 1. The van der Waals surface area contributed by atoms with Gasteiger partial charge in [-0.25, -0.2) is 4.79 Å². The van der Waals surface area contributed by atoms with Crippen LogP contribution < -0.4 is 14.8 Å². The van der Waals surface area contributed by atoms with Gasteiger partial charge < -0.3 is 24.6 Å². The number of hydrogen-bond donors (Lipinski definition) is 2. The molecule has 42 heavy (non-hydrogen) atoms. The van der Waals surface area contributed by atoms with Gasteiger partial charge in [-0.15, -0.1) is 0 Å². The van der Waals surface area contributed by atoms with Crippen molar-refractivity contribution in [2.75, 3.05) is 33.9 Å². The number of likely N-dealkylation sites (tertiary alicyclic amines) is 1. The van der Waals surface area contributed by atoms with Crippen molar-refractivity contribution in [1.29, 1.82) is 0 Å². The summed E-state index contributed by atoms with van der Waals surface area (Å²) >= 11 is 6.05. The standard InChI is InChI=1S/C33H37ClN2O6/c1-40-28-19-23(21-36-15-3-4-16-36)20-29(41-2)30(28)24-8-6-22(7-9-24)18-27(31(37)38)35-32(39)33(14-5-17-42-33)25-10-12-26(34)13-11-25/h6-13,19-20,27H,3-5,14-18,21H2,1-2H3,(H,35,39)(H,37,38)/t27-,33?/m0/s1. The Bertz CT molecular complexity index is 1370. The molecular weight excluding hydrogens is 556 g/mol. The molecule has 1 unspecified atom stereocenters. The molecule has 0 aromatic heterocycles. The molecule has 0 bridgehead atoms. The van der Waals surface area contributed by atoms with Gasteiger partial charge >= 0.3 is 5.97 Å². The minimum absolute atomic E-state index is 0.112. The van der Waals surface area contributed by atoms with Gasteiger partial charge in [0.1, 0.15) is 17.5 Å². The Labute approximate surface area is 251 Å². The van der Waals surface area contributed by atoms with Crippen LogP contribution in [0.4, 0.5) is 0 Å². The number of rotatable bonds is 11. The van der Waals surface area contributed by atoms with Gasteiger partial charge in [-0.2, -0.15) is 0 Å². The Morgan fingerprint density at radius 3 is 2.17 bits per heavy atom. The number of amides is 1. The number of carboxylic acid groups (broad SMARTS) is 1. The summed E-state index contributed by atoms with van der Waals surface area (Å²) in [7, 11) is 3.30. The second-order valence-electron chi connectivity index (χ2n) is 10.9. The van der Waals surface area contributed by atoms with Crippen LogP contribution in [0.15, 0.2) is 60.7 Å². The third-order valence-electron chi connectivity index (χ3n) is 8.16. The molecule has 2 saturated heterocycles. The van der Waals surface area contributed by atoms with E-state index in [9.17, 15) is 14.7 Å². The van der Waals surface area contributed by atoms with E-state index >= 15 is 0 Å². The van der Waals surface area contributed by atoms with Crippen LogP contribution in [0.2, 0.25) is 5.02 Å². The predicted octanol–water partition coefficient (Wildman–Crippen LogP) is 5.44. The quantitative estimate of drug-likeness (QED) is 0.306. The minimum atomic E-state index is -1.24. The first kappa shape index (κ1) is 29.9. The minimum Gasteiger partial charge on any atom is -0.496 e. The highest BCUT2D eigenvalue weighted by atomic mass is 35.5. The van der Waals surface area contributed by atoms with Crippen LogP contribution in [0.5, 0.6) is 11.5 Å². The molecule has 0 saturated carbocycles. The molecule has 0 radical (unpaired) electrons. The number of halogens is 1. The first-order valence-electron chi connectivity index (χ1n) is 14.3. The van der Waals surface area contributed by atoms with E-state index in [0.29, 0.717) is 30.0 Å². The van der Waals surface area contributed by atoms with Gasteiger partial charge in [0, 0.05) is 24.6 Å². The molecule has 3 aromatic rings. The van der Waals surface area contributed by atoms with E-state index in [-0.39, 0.29) is 6.42 Å². The van der Waals surface area contributed by atoms with E-state index in [1.807, 2.05) is 24.3 Å². The van der Waals surface area contributed by atoms with Crippen molar-refractivity contribution in [2.45, 2.75) is 50.3 Å². The molecule has 1 amide bonds. The third-order valence-corrected chi connectivity index (χ3v) is 8.41. The zero-order valence-corrected chi connectivity index (χ0v) is 24.8. The molecule has 2 aliphatic heterocycles. The summed E-state index contributed by atoms with van der Waals surface area (Å²) < 4.78 is 17.5. The second kappa shape index (κ2) is 13.2. The molecule has 5 rings (SSSR count). The fraction of sp³-hybridized carbons (Fsp3) is 0.394. The second-order valence-corrected chi connectivity index (χ2v) is 11.3. The maximum absolute atomic E-state index is 13.5. The van der Waals surface area contributed by atoms with Gasteiger partial charge in [-0.05, 0) is 85.3 Å². The van der Waals surface area contributed by atoms with Crippen molar-refractivity contribution in [3.05, 3.63) is 82.4 Å². The zero-order valence-electron chi connectivity index (χ0n) is 24.0. The first-order valence-corrected chi connectivity index (χ1v) is 14.7. The van der Waals surface area contributed by atoms with Crippen molar-refractivity contribution < 1.29 is 28.9 Å². The highest BCUT2D eigenvalue weighted by Crippen LogP contribution is 2.40. The van der Waals surface area contributed by atoms with E-state index in [2.05, 4.69) is 22.3 Å². The number of methoxy groups -OCH3 is 2. The number of carboxylic acids is 1. The lowest BCUT2D eigenvalue weighted by atomic mass is 9.89. The Morgan fingerprint density at radius 1 is 0.976 bits per heavy atom. The SMILES string of the molecule is COc1cc(CN2CCCC2)cc(OC)c1-c1ccc(C[C@H](NC(=O)C2(c3ccc(Cl)cc3)CCCO2)C(=O)O)cc1. The lowest BCUT2D eigenvalue weighted by Crippen LogP contribution is -2.51. The zero-order chi connectivity index (χ0) is 29.7. The fourth-order valence-corrected chi connectivity index (χ4v) is 6.08.